The number of nitrogens with one attached hydrogen (secondary N) is 1. The molecule has 0 amide bonds. The van der Waals surface area contributed by atoms with Gasteiger partial charge in [-0.25, -0.2) is 13.2 Å². The van der Waals surface area contributed by atoms with Crippen molar-refractivity contribution in [3.8, 4) is 0 Å². The summed E-state index contributed by atoms with van der Waals surface area (Å²) in [7, 11) is 1.72. The van der Waals surface area contributed by atoms with Crippen LogP contribution < -0.4 is 5.32 Å². The molecule has 14 heavy (non-hydrogen) atoms. The van der Waals surface area contributed by atoms with Crippen LogP contribution in [0.2, 0.25) is 0 Å². The molecule has 4 heteroatoms. The van der Waals surface area contributed by atoms with Gasteiger partial charge in [-0.05, 0) is 37.2 Å². The first-order chi connectivity index (χ1) is 6.69. The number of halogens is 3. The quantitative estimate of drug-likeness (QED) is 0.791. The van der Waals surface area contributed by atoms with E-state index in [-0.39, 0.29) is 11.1 Å². The van der Waals surface area contributed by atoms with Gasteiger partial charge < -0.3 is 5.32 Å². The van der Waals surface area contributed by atoms with Crippen molar-refractivity contribution >= 4 is 0 Å². The Morgan fingerprint density at radius 2 is 2.00 bits per heavy atom. The van der Waals surface area contributed by atoms with Crippen molar-refractivity contribution in [2.24, 2.45) is 0 Å². The number of benzene rings is 1. The Morgan fingerprint density at radius 3 is 2.57 bits per heavy atom. The summed E-state index contributed by atoms with van der Waals surface area (Å²) in [6.07, 6.45) is 0.354. The van der Waals surface area contributed by atoms with Crippen LogP contribution in [0, 0.1) is 11.6 Å². The maximum atomic E-state index is 13.1. The molecular formula is C10H12F3N. The second-order valence-electron chi connectivity index (χ2n) is 3.04. The molecule has 0 radical (unpaired) electrons. The number of hydrogen-bond acceptors (Lipinski definition) is 1. The molecule has 0 aromatic heterocycles. The van der Waals surface area contributed by atoms with Gasteiger partial charge in [-0.3, -0.25) is 0 Å². The van der Waals surface area contributed by atoms with E-state index in [1.807, 2.05) is 0 Å². The highest BCUT2D eigenvalue weighted by molar-refractivity contribution is 5.26. The van der Waals surface area contributed by atoms with E-state index in [4.69, 9.17) is 0 Å². The Balaban J connectivity index is 2.95. The minimum Gasteiger partial charge on any atom is -0.319 e. The van der Waals surface area contributed by atoms with Crippen LogP contribution in [0.4, 0.5) is 13.2 Å². The molecule has 0 aliphatic carbocycles. The Bertz CT molecular complexity index is 312. The molecule has 1 aromatic rings. The van der Waals surface area contributed by atoms with Gasteiger partial charge in [-0.15, -0.1) is 0 Å². The van der Waals surface area contributed by atoms with Crippen LogP contribution in [-0.2, 0) is 13.1 Å². The first-order valence-corrected chi connectivity index (χ1v) is 4.36. The lowest BCUT2D eigenvalue weighted by Gasteiger charge is -2.05. The molecular weight excluding hydrogens is 191 g/mol. The summed E-state index contributed by atoms with van der Waals surface area (Å²) in [6.45, 7) is -0.240. The summed E-state index contributed by atoms with van der Waals surface area (Å²) in [4.78, 5) is 0. The number of rotatable bonds is 4. The van der Waals surface area contributed by atoms with E-state index in [1.165, 1.54) is 6.07 Å². The highest BCUT2D eigenvalue weighted by atomic mass is 19.2. The van der Waals surface area contributed by atoms with Crippen molar-refractivity contribution in [3.05, 3.63) is 34.9 Å². The lowest BCUT2D eigenvalue weighted by molar-refractivity contribution is 0.468. The predicted octanol–water partition coefficient (Wildman–Crippen LogP) is 2.20. The van der Waals surface area contributed by atoms with E-state index in [1.54, 1.807) is 7.05 Å². The average Bonchev–Trinajstić information content (AvgIpc) is 2.20. The fourth-order valence-corrected chi connectivity index (χ4v) is 1.23. The van der Waals surface area contributed by atoms with Crippen LogP contribution in [0.3, 0.4) is 0 Å². The van der Waals surface area contributed by atoms with Gasteiger partial charge in [0.05, 0.1) is 0 Å². The number of hydrogen-bond donors (Lipinski definition) is 1. The maximum absolute atomic E-state index is 13.1. The first kappa shape index (κ1) is 11.0. The first-order valence-electron chi connectivity index (χ1n) is 4.36. The third-order valence-electron chi connectivity index (χ3n) is 1.96. The SMILES string of the molecule is CNCCc1cc(CF)cc(F)c1F. The topological polar surface area (TPSA) is 12.0 Å². The zero-order valence-electron chi connectivity index (χ0n) is 7.91. The molecule has 1 aromatic carbocycles. The fraction of sp³-hybridized carbons (Fsp3) is 0.400. The van der Waals surface area contributed by atoms with E-state index in [2.05, 4.69) is 5.32 Å². The molecule has 0 fully saturated rings. The Hall–Kier alpha value is -1.03. The van der Waals surface area contributed by atoms with Crippen molar-refractivity contribution in [1.29, 1.82) is 0 Å². The van der Waals surface area contributed by atoms with Gasteiger partial charge >= 0.3 is 0 Å². The molecule has 0 saturated carbocycles. The summed E-state index contributed by atoms with van der Waals surface area (Å²) >= 11 is 0. The summed E-state index contributed by atoms with van der Waals surface area (Å²) in [5, 5.41) is 2.82. The Kier molecular flexibility index (Phi) is 3.95. The third-order valence-corrected chi connectivity index (χ3v) is 1.96. The van der Waals surface area contributed by atoms with Crippen LogP contribution >= 0.6 is 0 Å². The lowest BCUT2D eigenvalue weighted by Crippen LogP contribution is -2.12. The van der Waals surface area contributed by atoms with E-state index < -0.39 is 18.3 Å². The molecule has 1 N–H and O–H groups in total. The normalized spacial score (nSPS) is 10.6. The standard InChI is InChI=1S/C10H12F3N/c1-14-3-2-8-4-7(6-11)5-9(12)10(8)13/h4-5,14H,2-3,6H2,1H3. The predicted molar refractivity (Wildman–Crippen MR) is 48.8 cm³/mol. The largest absolute Gasteiger partial charge is 0.319 e. The number of likely N-dealkylation sites (N-methyl/N-ethyl adjacent to an activating group) is 1. The van der Waals surface area contributed by atoms with Crippen molar-refractivity contribution < 1.29 is 13.2 Å². The molecule has 0 aliphatic heterocycles. The molecule has 78 valence electrons. The summed E-state index contributed by atoms with van der Waals surface area (Å²) in [5.74, 6) is -1.86. The van der Waals surface area contributed by atoms with E-state index in [9.17, 15) is 13.2 Å². The van der Waals surface area contributed by atoms with Crippen LogP contribution in [0.1, 0.15) is 11.1 Å². The average molecular weight is 203 g/mol. The molecule has 0 unspecified atom stereocenters. The van der Waals surface area contributed by atoms with Gasteiger partial charge in [0, 0.05) is 0 Å². The van der Waals surface area contributed by atoms with Gasteiger partial charge in [-0.2, -0.15) is 0 Å². The summed E-state index contributed by atoms with van der Waals surface area (Å²) < 4.78 is 38.2. The molecule has 0 saturated heterocycles. The van der Waals surface area contributed by atoms with Gasteiger partial charge in [-0.1, -0.05) is 6.07 Å². The van der Waals surface area contributed by atoms with E-state index >= 15 is 0 Å². The Labute approximate surface area is 80.9 Å². The molecule has 1 rings (SSSR count). The molecule has 0 spiro atoms. The third kappa shape index (κ3) is 2.48. The van der Waals surface area contributed by atoms with Crippen LogP contribution in [0.5, 0.6) is 0 Å². The molecule has 0 atom stereocenters. The van der Waals surface area contributed by atoms with Crippen molar-refractivity contribution in [1.82, 2.24) is 5.32 Å². The fourth-order valence-electron chi connectivity index (χ4n) is 1.23. The molecule has 1 nitrogen and oxygen atoms in total. The zero-order chi connectivity index (χ0) is 10.6. The van der Waals surface area contributed by atoms with Crippen LogP contribution in [-0.4, -0.2) is 13.6 Å². The minimum absolute atomic E-state index is 0.176. The minimum atomic E-state index is -0.980. The van der Waals surface area contributed by atoms with Gasteiger partial charge in [0.25, 0.3) is 0 Å². The van der Waals surface area contributed by atoms with E-state index in [0.29, 0.717) is 13.0 Å². The molecule has 0 aliphatic rings. The zero-order valence-corrected chi connectivity index (χ0v) is 7.91. The monoisotopic (exact) mass is 203 g/mol. The maximum Gasteiger partial charge on any atom is 0.162 e. The van der Waals surface area contributed by atoms with Crippen LogP contribution in [0.15, 0.2) is 12.1 Å². The summed E-state index contributed by atoms with van der Waals surface area (Å²) in [6, 6.07) is 2.24. The summed E-state index contributed by atoms with van der Waals surface area (Å²) in [5.41, 5.74) is 0.391. The molecule has 0 heterocycles. The highest BCUT2D eigenvalue weighted by Crippen LogP contribution is 2.16. The van der Waals surface area contributed by atoms with E-state index in [0.717, 1.165) is 6.07 Å². The lowest BCUT2D eigenvalue weighted by atomic mass is 10.1. The second-order valence-corrected chi connectivity index (χ2v) is 3.04. The van der Waals surface area contributed by atoms with Gasteiger partial charge in [0.1, 0.15) is 6.67 Å². The smallest absolute Gasteiger partial charge is 0.162 e. The van der Waals surface area contributed by atoms with Crippen molar-refractivity contribution in [2.75, 3.05) is 13.6 Å². The highest BCUT2D eigenvalue weighted by Gasteiger charge is 2.09. The Morgan fingerprint density at radius 1 is 1.29 bits per heavy atom. The van der Waals surface area contributed by atoms with Gasteiger partial charge in [0.2, 0.25) is 0 Å². The van der Waals surface area contributed by atoms with Gasteiger partial charge in [0.15, 0.2) is 11.6 Å². The van der Waals surface area contributed by atoms with Crippen molar-refractivity contribution in [2.45, 2.75) is 13.1 Å². The second kappa shape index (κ2) is 5.00. The number of alkyl halides is 1. The van der Waals surface area contributed by atoms with Crippen molar-refractivity contribution in [3.63, 3.8) is 0 Å². The molecule has 0 bridgehead atoms. The van der Waals surface area contributed by atoms with Crippen LogP contribution in [0.25, 0.3) is 0 Å².